The molecule has 0 saturated heterocycles. The number of nitrogens with zero attached hydrogens (tertiary/aromatic N) is 2. The van der Waals surface area contributed by atoms with Crippen molar-refractivity contribution in [1.82, 2.24) is 9.47 Å². The molecule has 1 amide bonds. The van der Waals surface area contributed by atoms with Gasteiger partial charge in [0.05, 0.1) is 6.04 Å². The number of carbonyl (C=O) groups is 1. The van der Waals surface area contributed by atoms with Crippen molar-refractivity contribution in [3.63, 3.8) is 0 Å². The molecule has 110 valence electrons. The molecule has 2 atom stereocenters. The van der Waals surface area contributed by atoms with E-state index in [9.17, 15) is 4.79 Å². The van der Waals surface area contributed by atoms with E-state index >= 15 is 0 Å². The highest BCUT2D eigenvalue weighted by molar-refractivity contribution is 5.79. The van der Waals surface area contributed by atoms with Gasteiger partial charge in [0, 0.05) is 30.9 Å². The fourth-order valence-electron chi connectivity index (χ4n) is 3.06. The Bertz CT molecular complexity index is 617. The zero-order valence-electron chi connectivity index (χ0n) is 12.7. The third kappa shape index (κ3) is 2.48. The van der Waals surface area contributed by atoms with Gasteiger partial charge in [-0.05, 0) is 24.1 Å². The molecular formula is C18H22N2O. The molecule has 1 aromatic carbocycles. The van der Waals surface area contributed by atoms with Gasteiger partial charge in [0.1, 0.15) is 0 Å². The highest BCUT2D eigenvalue weighted by Gasteiger charge is 2.33. The predicted octanol–water partition coefficient (Wildman–Crippen LogP) is 3.47. The molecule has 0 spiro atoms. The first-order chi connectivity index (χ1) is 10.2. The summed E-state index contributed by atoms with van der Waals surface area (Å²) in [5, 5.41) is 0. The monoisotopic (exact) mass is 282 g/mol. The molecule has 0 saturated carbocycles. The molecule has 1 aliphatic heterocycles. The third-order valence-corrected chi connectivity index (χ3v) is 4.47. The minimum absolute atomic E-state index is 0.0384. The van der Waals surface area contributed by atoms with Crippen LogP contribution < -0.4 is 0 Å². The summed E-state index contributed by atoms with van der Waals surface area (Å²) in [6.07, 6.45) is 2.99. The predicted molar refractivity (Wildman–Crippen MR) is 83.9 cm³/mol. The summed E-state index contributed by atoms with van der Waals surface area (Å²) >= 11 is 0. The van der Waals surface area contributed by atoms with Crippen LogP contribution >= 0.6 is 0 Å². The molecule has 21 heavy (non-hydrogen) atoms. The second-order valence-corrected chi connectivity index (χ2v) is 5.78. The van der Waals surface area contributed by atoms with Gasteiger partial charge in [-0.2, -0.15) is 0 Å². The molecule has 0 aliphatic carbocycles. The van der Waals surface area contributed by atoms with Gasteiger partial charge >= 0.3 is 0 Å². The van der Waals surface area contributed by atoms with Crippen LogP contribution in [0.2, 0.25) is 0 Å². The number of rotatable bonds is 3. The Morgan fingerprint density at radius 3 is 2.67 bits per heavy atom. The topological polar surface area (TPSA) is 25.2 Å². The van der Waals surface area contributed by atoms with E-state index in [-0.39, 0.29) is 17.9 Å². The first-order valence-electron chi connectivity index (χ1n) is 7.72. The van der Waals surface area contributed by atoms with Gasteiger partial charge in [0.25, 0.3) is 0 Å². The van der Waals surface area contributed by atoms with E-state index in [4.69, 9.17) is 0 Å². The number of fused-ring (bicyclic) bond motifs is 1. The average Bonchev–Trinajstić information content (AvgIpc) is 3.01. The third-order valence-electron chi connectivity index (χ3n) is 4.47. The van der Waals surface area contributed by atoms with E-state index in [1.54, 1.807) is 0 Å². The molecular weight excluding hydrogens is 260 g/mol. The maximum absolute atomic E-state index is 12.8. The van der Waals surface area contributed by atoms with E-state index in [1.807, 2.05) is 25.1 Å². The highest BCUT2D eigenvalue weighted by atomic mass is 16.2. The summed E-state index contributed by atoms with van der Waals surface area (Å²) in [4.78, 5) is 14.8. The van der Waals surface area contributed by atoms with Crippen LogP contribution in [0.1, 0.15) is 37.6 Å². The molecule has 1 aliphatic rings. The van der Waals surface area contributed by atoms with Crippen LogP contribution in [0, 0.1) is 5.92 Å². The quantitative estimate of drug-likeness (QED) is 0.846. The maximum atomic E-state index is 12.8. The summed E-state index contributed by atoms with van der Waals surface area (Å²) in [5.41, 5.74) is 2.40. The van der Waals surface area contributed by atoms with Gasteiger partial charge in [0.2, 0.25) is 5.91 Å². The zero-order chi connectivity index (χ0) is 14.8. The Morgan fingerprint density at radius 1 is 1.19 bits per heavy atom. The van der Waals surface area contributed by atoms with E-state index < -0.39 is 0 Å². The fraction of sp³-hybridized carbons (Fsp3) is 0.389. The minimum atomic E-state index is 0.0384. The van der Waals surface area contributed by atoms with Crippen molar-refractivity contribution >= 4 is 5.91 Å². The molecule has 3 rings (SSSR count). The van der Waals surface area contributed by atoms with Gasteiger partial charge < -0.3 is 9.47 Å². The first-order valence-corrected chi connectivity index (χ1v) is 7.72. The molecule has 1 aromatic heterocycles. The number of benzene rings is 1. The van der Waals surface area contributed by atoms with Crippen molar-refractivity contribution in [2.24, 2.45) is 5.92 Å². The van der Waals surface area contributed by atoms with Gasteiger partial charge in [-0.25, -0.2) is 0 Å². The Morgan fingerprint density at radius 2 is 1.95 bits per heavy atom. The van der Waals surface area contributed by atoms with Crippen LogP contribution in [0.4, 0.5) is 0 Å². The van der Waals surface area contributed by atoms with Crippen molar-refractivity contribution in [2.45, 2.75) is 32.9 Å². The van der Waals surface area contributed by atoms with Crippen LogP contribution in [0.3, 0.4) is 0 Å². The smallest absolute Gasteiger partial charge is 0.226 e. The lowest BCUT2D eigenvalue weighted by Gasteiger charge is -2.38. The summed E-state index contributed by atoms with van der Waals surface area (Å²) in [7, 11) is 0. The maximum Gasteiger partial charge on any atom is 0.226 e. The summed E-state index contributed by atoms with van der Waals surface area (Å²) in [6.45, 7) is 5.77. The Hall–Kier alpha value is -2.03. The van der Waals surface area contributed by atoms with E-state index in [2.05, 4.69) is 46.9 Å². The number of amides is 1. The van der Waals surface area contributed by atoms with Crippen LogP contribution in [0.5, 0.6) is 0 Å². The Kier molecular flexibility index (Phi) is 3.82. The van der Waals surface area contributed by atoms with E-state index in [1.165, 1.54) is 11.3 Å². The molecule has 0 N–H and O–H groups in total. The lowest BCUT2D eigenvalue weighted by Crippen LogP contribution is -2.44. The Labute approximate surface area is 126 Å². The van der Waals surface area contributed by atoms with Gasteiger partial charge in [-0.3, -0.25) is 4.79 Å². The van der Waals surface area contributed by atoms with Gasteiger partial charge in [-0.15, -0.1) is 0 Å². The van der Waals surface area contributed by atoms with Crippen molar-refractivity contribution in [3.8, 4) is 0 Å². The van der Waals surface area contributed by atoms with Crippen molar-refractivity contribution in [1.29, 1.82) is 0 Å². The van der Waals surface area contributed by atoms with Crippen LogP contribution in [0.25, 0.3) is 0 Å². The molecule has 3 heteroatoms. The van der Waals surface area contributed by atoms with Crippen LogP contribution in [-0.4, -0.2) is 21.9 Å². The number of carbonyl (C=O) groups excluding carboxylic acids is 1. The van der Waals surface area contributed by atoms with E-state index in [0.717, 1.165) is 19.5 Å². The second kappa shape index (κ2) is 5.76. The SMILES string of the molecule is CCC(C)C(=O)N1CCn2cccc2C1c1ccccc1. The molecule has 0 radical (unpaired) electrons. The average molecular weight is 282 g/mol. The van der Waals surface area contributed by atoms with Crippen molar-refractivity contribution in [3.05, 3.63) is 59.9 Å². The fourth-order valence-corrected chi connectivity index (χ4v) is 3.06. The molecule has 3 nitrogen and oxygen atoms in total. The summed E-state index contributed by atoms with van der Waals surface area (Å²) < 4.78 is 2.26. The Balaban J connectivity index is 2.02. The highest BCUT2D eigenvalue weighted by Crippen LogP contribution is 2.33. The largest absolute Gasteiger partial charge is 0.348 e. The van der Waals surface area contributed by atoms with Crippen LogP contribution in [0.15, 0.2) is 48.7 Å². The van der Waals surface area contributed by atoms with Crippen LogP contribution in [-0.2, 0) is 11.3 Å². The molecule has 0 fully saturated rings. The van der Waals surface area contributed by atoms with Crippen molar-refractivity contribution in [2.75, 3.05) is 6.54 Å². The number of hydrogen-bond acceptors (Lipinski definition) is 1. The minimum Gasteiger partial charge on any atom is -0.348 e. The molecule has 2 unspecified atom stereocenters. The number of hydrogen-bond donors (Lipinski definition) is 0. The van der Waals surface area contributed by atoms with Crippen molar-refractivity contribution < 1.29 is 4.79 Å². The standard InChI is InChI=1S/C18H22N2O/c1-3-14(2)18(21)20-13-12-19-11-7-10-16(19)17(20)15-8-5-4-6-9-15/h4-11,14,17H,3,12-13H2,1-2H3. The molecule has 2 aromatic rings. The molecule has 2 heterocycles. The second-order valence-electron chi connectivity index (χ2n) is 5.78. The zero-order valence-corrected chi connectivity index (χ0v) is 12.7. The lowest BCUT2D eigenvalue weighted by molar-refractivity contribution is -0.137. The van der Waals surface area contributed by atoms with Gasteiger partial charge in [0.15, 0.2) is 0 Å². The lowest BCUT2D eigenvalue weighted by atomic mass is 9.97. The first kappa shape index (κ1) is 13.9. The van der Waals surface area contributed by atoms with Gasteiger partial charge in [-0.1, -0.05) is 44.2 Å². The summed E-state index contributed by atoms with van der Waals surface area (Å²) in [5.74, 6) is 0.344. The molecule has 0 bridgehead atoms. The van der Waals surface area contributed by atoms with E-state index in [0.29, 0.717) is 0 Å². The summed E-state index contributed by atoms with van der Waals surface area (Å²) in [6, 6.07) is 14.6. The normalized spacial score (nSPS) is 19.1. The number of aromatic nitrogens is 1.